The smallest absolute Gasteiger partial charge is 0.393 e. The maximum absolute atomic E-state index is 14.8. The van der Waals surface area contributed by atoms with Gasteiger partial charge in [-0.2, -0.15) is 18.4 Å². The Hall–Kier alpha value is -4.58. The molecule has 0 radical (unpaired) electrons. The maximum atomic E-state index is 14.8. The summed E-state index contributed by atoms with van der Waals surface area (Å²) in [5, 5.41) is 15.5. The van der Waals surface area contributed by atoms with Gasteiger partial charge in [-0.1, -0.05) is 24.0 Å². The lowest BCUT2D eigenvalue weighted by molar-refractivity contribution is -0.132. The number of rotatable bonds is 11. The van der Waals surface area contributed by atoms with Gasteiger partial charge < -0.3 is 25.2 Å². The number of anilines is 2. The number of thiophene rings is 1. The summed E-state index contributed by atoms with van der Waals surface area (Å²) in [5.41, 5.74) is 0.611. The average Bonchev–Trinajstić information content (AvgIpc) is 3.34. The number of halogens is 4. The molecular formula is C32H34F4N6O5S2. The Morgan fingerprint density at radius 3 is 2.51 bits per heavy atom. The molecule has 1 fully saturated rings. The number of amides is 2. The average molecular weight is 723 g/mol. The molecule has 262 valence electrons. The molecule has 0 bridgehead atoms. The monoisotopic (exact) mass is 722 g/mol. The maximum Gasteiger partial charge on any atom is 0.393 e. The van der Waals surface area contributed by atoms with Gasteiger partial charge in [-0.15, -0.1) is 11.3 Å². The van der Waals surface area contributed by atoms with Crippen LogP contribution in [-0.2, 0) is 26.0 Å². The van der Waals surface area contributed by atoms with Crippen LogP contribution >= 0.6 is 11.3 Å². The van der Waals surface area contributed by atoms with Crippen LogP contribution in [0.2, 0.25) is 0 Å². The van der Waals surface area contributed by atoms with Crippen molar-refractivity contribution in [3.05, 3.63) is 46.6 Å². The quantitative estimate of drug-likeness (QED) is 0.195. The van der Waals surface area contributed by atoms with E-state index in [0.29, 0.717) is 48.2 Å². The van der Waals surface area contributed by atoms with Crippen LogP contribution in [0.5, 0.6) is 5.75 Å². The van der Waals surface area contributed by atoms with Gasteiger partial charge in [-0.05, 0) is 44.0 Å². The first kappa shape index (κ1) is 37.2. The van der Waals surface area contributed by atoms with Crippen LogP contribution in [0.3, 0.4) is 0 Å². The van der Waals surface area contributed by atoms with E-state index in [1.165, 1.54) is 0 Å². The second-order valence-electron chi connectivity index (χ2n) is 11.5. The summed E-state index contributed by atoms with van der Waals surface area (Å²) in [6.07, 6.45) is -4.37. The fourth-order valence-corrected chi connectivity index (χ4v) is 7.48. The molecule has 3 aromatic rings. The molecule has 1 aliphatic heterocycles. The highest BCUT2D eigenvalue weighted by molar-refractivity contribution is 7.90. The van der Waals surface area contributed by atoms with E-state index in [9.17, 15) is 35.6 Å². The summed E-state index contributed by atoms with van der Waals surface area (Å²) >= 11 is 1.11. The largest absolute Gasteiger partial charge is 0.477 e. The third-order valence-corrected chi connectivity index (χ3v) is 9.96. The van der Waals surface area contributed by atoms with Gasteiger partial charge in [0, 0.05) is 38.2 Å². The van der Waals surface area contributed by atoms with Gasteiger partial charge in [0.25, 0.3) is 10.0 Å². The number of ether oxygens (including phenoxy) is 1. The highest BCUT2D eigenvalue weighted by atomic mass is 32.2. The Morgan fingerprint density at radius 2 is 1.88 bits per heavy atom. The van der Waals surface area contributed by atoms with Crippen molar-refractivity contribution < 1.29 is 40.3 Å². The highest BCUT2D eigenvalue weighted by Gasteiger charge is 2.31. The van der Waals surface area contributed by atoms with Gasteiger partial charge in [0.1, 0.15) is 22.5 Å². The first-order valence-electron chi connectivity index (χ1n) is 15.0. The molecule has 17 heteroatoms. The summed E-state index contributed by atoms with van der Waals surface area (Å²) in [7, 11) is -0.924. The summed E-state index contributed by atoms with van der Waals surface area (Å²) in [6.45, 7) is 1.66. The predicted octanol–water partition coefficient (Wildman–Crippen LogP) is 4.30. The fourth-order valence-electron chi connectivity index (χ4n) is 5.24. The third-order valence-electron chi connectivity index (χ3n) is 7.32. The number of hydrogen-bond acceptors (Lipinski definition) is 10. The van der Waals surface area contributed by atoms with Crippen molar-refractivity contribution in [1.82, 2.24) is 14.5 Å². The zero-order valence-corrected chi connectivity index (χ0v) is 28.5. The van der Waals surface area contributed by atoms with E-state index >= 15 is 0 Å². The third kappa shape index (κ3) is 9.97. The number of nitrogens with one attached hydrogen (secondary N) is 3. The standard InChI is InChI=1S/C32H34F4N6O5S2/c1-20(43)40-49(45,46)29-17-27(47-15-11-37)26(16-24(29)33)38-12-5-8-28-23(18-32(34,35)36)22-6-4-7-25(31(22)48-28)39-21-9-13-42(14-10-21)30(44)19-41(2)3/h4,6-7,16-17,21,38-39H,9-10,12-15,18-19H2,1-3H3,(H,40,43). The van der Waals surface area contributed by atoms with Gasteiger partial charge in [0.2, 0.25) is 11.8 Å². The lowest BCUT2D eigenvalue weighted by Crippen LogP contribution is -2.45. The van der Waals surface area contributed by atoms with Crippen molar-refractivity contribution in [2.75, 3.05) is 57.5 Å². The van der Waals surface area contributed by atoms with Crippen molar-refractivity contribution in [3.8, 4) is 23.7 Å². The van der Waals surface area contributed by atoms with E-state index in [1.807, 2.05) is 23.9 Å². The molecule has 2 aromatic carbocycles. The van der Waals surface area contributed by atoms with Crippen LogP contribution in [0.1, 0.15) is 30.2 Å². The van der Waals surface area contributed by atoms with Crippen molar-refractivity contribution in [1.29, 1.82) is 5.26 Å². The minimum atomic E-state index is -4.58. The molecular weight excluding hydrogens is 689 g/mol. The molecule has 0 atom stereocenters. The number of piperidine rings is 1. The number of benzene rings is 2. The summed E-state index contributed by atoms with van der Waals surface area (Å²) in [5.74, 6) is 3.18. The Bertz CT molecular complexity index is 1920. The van der Waals surface area contributed by atoms with Crippen LogP contribution in [-0.4, -0.2) is 89.1 Å². The number of nitriles is 1. The van der Waals surface area contributed by atoms with Gasteiger partial charge in [0.05, 0.1) is 40.5 Å². The van der Waals surface area contributed by atoms with Crippen LogP contribution in [0.15, 0.2) is 35.2 Å². The van der Waals surface area contributed by atoms with E-state index in [1.54, 1.807) is 29.0 Å². The molecule has 0 spiro atoms. The molecule has 2 heterocycles. The molecule has 2 amide bonds. The number of likely N-dealkylation sites (tertiary alicyclic amines) is 1. The normalized spacial score (nSPS) is 13.8. The summed E-state index contributed by atoms with van der Waals surface area (Å²) in [6, 6.07) is 8.41. The molecule has 0 unspecified atom stereocenters. The van der Waals surface area contributed by atoms with Gasteiger partial charge in [0.15, 0.2) is 6.61 Å². The van der Waals surface area contributed by atoms with Crippen molar-refractivity contribution >= 4 is 54.6 Å². The van der Waals surface area contributed by atoms with E-state index in [4.69, 9.17) is 10.00 Å². The molecule has 11 nitrogen and oxygen atoms in total. The number of alkyl halides is 3. The topological polar surface area (TPSA) is 144 Å². The lowest BCUT2D eigenvalue weighted by atomic mass is 10.0. The second kappa shape index (κ2) is 15.8. The van der Waals surface area contributed by atoms with Crippen LogP contribution in [0.4, 0.5) is 28.9 Å². The zero-order valence-electron chi connectivity index (χ0n) is 26.8. The summed E-state index contributed by atoms with van der Waals surface area (Å²) < 4.78 is 88.3. The SMILES string of the molecule is CC(=O)NS(=O)(=O)c1cc(OCC#N)c(NCC#Cc2sc3c(NC4CCN(C(=O)CN(C)C)CC4)cccc3c2CC(F)(F)F)cc1F. The summed E-state index contributed by atoms with van der Waals surface area (Å²) in [4.78, 5) is 26.6. The number of hydrogen-bond donors (Lipinski definition) is 3. The first-order chi connectivity index (χ1) is 23.1. The highest BCUT2D eigenvalue weighted by Crippen LogP contribution is 2.39. The van der Waals surface area contributed by atoms with E-state index < -0.39 is 45.8 Å². The van der Waals surface area contributed by atoms with E-state index in [2.05, 4.69) is 22.5 Å². The Labute approximate surface area is 285 Å². The van der Waals surface area contributed by atoms with Crippen LogP contribution < -0.4 is 20.1 Å². The van der Waals surface area contributed by atoms with Crippen molar-refractivity contribution in [3.63, 3.8) is 0 Å². The Kier molecular flexibility index (Phi) is 12.0. The van der Waals surface area contributed by atoms with E-state index in [0.717, 1.165) is 30.4 Å². The number of carbonyl (C=O) groups excluding carboxylic acids is 2. The molecule has 0 aliphatic carbocycles. The van der Waals surface area contributed by atoms with Gasteiger partial charge >= 0.3 is 6.18 Å². The Balaban J connectivity index is 1.57. The van der Waals surface area contributed by atoms with Gasteiger partial charge in [-0.25, -0.2) is 17.5 Å². The van der Waals surface area contributed by atoms with Gasteiger partial charge in [-0.3, -0.25) is 9.59 Å². The Morgan fingerprint density at radius 1 is 1.16 bits per heavy atom. The van der Waals surface area contributed by atoms with Crippen LogP contribution in [0, 0.1) is 29.0 Å². The number of nitrogens with zero attached hydrogens (tertiary/aromatic N) is 3. The lowest BCUT2D eigenvalue weighted by Gasteiger charge is -2.33. The number of fused-ring (bicyclic) bond motifs is 1. The number of carbonyl (C=O) groups is 2. The minimum absolute atomic E-state index is 0.0124. The number of sulfonamides is 1. The zero-order chi connectivity index (χ0) is 35.9. The molecule has 1 aliphatic rings. The first-order valence-corrected chi connectivity index (χ1v) is 17.3. The van der Waals surface area contributed by atoms with Crippen molar-refractivity contribution in [2.45, 2.75) is 43.3 Å². The van der Waals surface area contributed by atoms with E-state index in [-0.39, 0.29) is 40.4 Å². The van der Waals surface area contributed by atoms with Crippen molar-refractivity contribution in [2.24, 2.45) is 0 Å². The van der Waals surface area contributed by atoms with Crippen LogP contribution in [0.25, 0.3) is 10.1 Å². The molecule has 49 heavy (non-hydrogen) atoms. The minimum Gasteiger partial charge on any atom is -0.477 e. The predicted molar refractivity (Wildman–Crippen MR) is 177 cm³/mol. The molecule has 0 saturated carbocycles. The second-order valence-corrected chi connectivity index (χ2v) is 14.1. The number of likely N-dealkylation sites (N-methyl/N-ethyl adjacent to an activating group) is 1. The molecule has 4 rings (SSSR count). The molecule has 3 N–H and O–H groups in total. The fraction of sp³-hybridized carbons (Fsp3) is 0.406. The molecule has 1 saturated heterocycles. The molecule has 1 aromatic heterocycles.